The Bertz CT molecular complexity index is 3160. The molecule has 1 N–H and O–H groups in total. The first-order valence-electron chi connectivity index (χ1n) is 26.7. The minimum Gasteiger partial charge on any atom is -0.462 e. The van der Waals surface area contributed by atoms with Crippen LogP contribution in [0.4, 0.5) is 34.3 Å². The van der Waals surface area contributed by atoms with Crippen molar-refractivity contribution in [3.63, 3.8) is 0 Å². The Balaban J connectivity index is 0.911. The molecular formula is C58H65ClF3N11O5S. The van der Waals surface area contributed by atoms with Crippen molar-refractivity contribution in [2.24, 2.45) is 5.10 Å². The van der Waals surface area contributed by atoms with Gasteiger partial charge in [0.05, 0.1) is 35.8 Å². The summed E-state index contributed by atoms with van der Waals surface area (Å²) in [5.74, 6) is -2.56. The number of amides is 4. The summed E-state index contributed by atoms with van der Waals surface area (Å²) in [6.07, 6.45) is 3.07. The highest BCUT2D eigenvalue weighted by Crippen LogP contribution is 2.51. The third kappa shape index (κ3) is 12.8. The highest BCUT2D eigenvalue weighted by atomic mass is 35.5. The number of aromatic nitrogens is 2. The van der Waals surface area contributed by atoms with Crippen molar-refractivity contribution in [2.75, 3.05) is 75.8 Å². The second kappa shape index (κ2) is 24.5. The standard InChI is InChI=1S/C58H65ClF3N11O5S/c1-38(60)53(74)72-33-32-71(35-42(72)23-26-63)51-44-24-31-70(49-20-10-15-39-14-9-19-46(59)50(39)49)36-48(44)65-54(66-51)77-37-43-18-11-29-69(43)30-13-28-68(5)56(76)73-58(40-16-7-6-8-17-40,25-12-27-64-55(75)78-57(2,3)4)79-52(67-73)45-34-41(61)21-22-47(45)62/h6-10,14-17,19-22,34,42-43H,1,11-13,18,23-25,27-33,35-37H2,2-5H3,(H,64,75)/t42-,43-,58-/m0/s1. The van der Waals surface area contributed by atoms with Gasteiger partial charge in [-0.05, 0) is 107 Å². The lowest BCUT2D eigenvalue weighted by Gasteiger charge is -2.42. The zero-order valence-electron chi connectivity index (χ0n) is 44.9. The largest absolute Gasteiger partial charge is 0.462 e. The van der Waals surface area contributed by atoms with Crippen molar-refractivity contribution in [3.05, 3.63) is 136 Å². The Morgan fingerprint density at radius 3 is 2.52 bits per heavy atom. The predicted octanol–water partition coefficient (Wildman–Crippen LogP) is 10.4. The van der Waals surface area contributed by atoms with E-state index in [0.29, 0.717) is 69.2 Å². The molecule has 0 aliphatic carbocycles. The van der Waals surface area contributed by atoms with E-state index in [0.717, 1.165) is 70.9 Å². The zero-order chi connectivity index (χ0) is 56.0. The number of nitriles is 1. The topological polar surface area (TPSA) is 163 Å². The van der Waals surface area contributed by atoms with Crippen LogP contribution in [-0.2, 0) is 27.4 Å². The fourth-order valence-electron chi connectivity index (χ4n) is 10.9. The van der Waals surface area contributed by atoms with Gasteiger partial charge in [0.25, 0.3) is 5.91 Å². The van der Waals surface area contributed by atoms with Gasteiger partial charge < -0.3 is 34.4 Å². The van der Waals surface area contributed by atoms with E-state index in [2.05, 4.69) is 33.8 Å². The summed E-state index contributed by atoms with van der Waals surface area (Å²) in [6, 6.07) is 25.8. The summed E-state index contributed by atoms with van der Waals surface area (Å²) in [6.45, 7) is 12.7. The van der Waals surface area contributed by atoms with Gasteiger partial charge in [-0.15, -0.1) is 0 Å². The first-order chi connectivity index (χ1) is 37.9. The molecule has 0 bridgehead atoms. The van der Waals surface area contributed by atoms with Crippen LogP contribution in [0.25, 0.3) is 10.8 Å². The number of carbonyl (C=O) groups is 3. The molecule has 9 rings (SSSR count). The fraction of sp³-hybridized carbons (Fsp3) is 0.431. The average molecular weight is 1120 g/mol. The average Bonchev–Trinajstić information content (AvgIpc) is 4.27. The van der Waals surface area contributed by atoms with Crippen LogP contribution in [0, 0.1) is 23.0 Å². The van der Waals surface area contributed by atoms with E-state index in [-0.39, 0.29) is 55.3 Å². The molecule has 4 aliphatic rings. The number of fused-ring (bicyclic) bond motifs is 2. The van der Waals surface area contributed by atoms with Gasteiger partial charge in [0.2, 0.25) is 0 Å². The van der Waals surface area contributed by atoms with Gasteiger partial charge in [0.1, 0.15) is 39.6 Å². The minimum absolute atomic E-state index is 0.00166. The molecule has 4 aromatic carbocycles. The lowest BCUT2D eigenvalue weighted by molar-refractivity contribution is -0.131. The van der Waals surface area contributed by atoms with Gasteiger partial charge in [-0.3, -0.25) is 9.69 Å². The molecule has 5 heterocycles. The number of thioether (sulfide) groups is 1. The Labute approximate surface area is 468 Å². The molecule has 416 valence electrons. The fourth-order valence-corrected chi connectivity index (χ4v) is 12.6. The number of hydrogen-bond donors (Lipinski definition) is 1. The molecule has 0 unspecified atom stereocenters. The third-order valence-electron chi connectivity index (χ3n) is 14.7. The van der Waals surface area contributed by atoms with Crippen molar-refractivity contribution >= 4 is 68.7 Å². The Hall–Kier alpha value is -7.08. The van der Waals surface area contributed by atoms with E-state index < -0.39 is 52.0 Å². The first-order valence-corrected chi connectivity index (χ1v) is 27.9. The van der Waals surface area contributed by atoms with Crippen molar-refractivity contribution in [1.82, 2.24) is 35.0 Å². The number of rotatable bonds is 17. The molecule has 5 aromatic rings. The number of anilines is 2. The number of carbonyl (C=O) groups excluding carboxylic acids is 3. The van der Waals surface area contributed by atoms with Crippen LogP contribution in [0.5, 0.6) is 6.01 Å². The zero-order valence-corrected chi connectivity index (χ0v) is 46.5. The maximum absolute atomic E-state index is 15.5. The van der Waals surface area contributed by atoms with Crippen LogP contribution in [0.1, 0.15) is 81.7 Å². The van der Waals surface area contributed by atoms with Crippen LogP contribution in [0.2, 0.25) is 5.02 Å². The van der Waals surface area contributed by atoms with Gasteiger partial charge in [0.15, 0.2) is 5.83 Å². The number of piperazine rings is 1. The number of ether oxygens (including phenoxy) is 2. The second-order valence-corrected chi connectivity index (χ2v) is 22.9. The molecule has 0 saturated carbocycles. The van der Waals surface area contributed by atoms with Crippen molar-refractivity contribution in [1.29, 1.82) is 5.26 Å². The summed E-state index contributed by atoms with van der Waals surface area (Å²) in [7, 11) is 1.70. The third-order valence-corrected chi connectivity index (χ3v) is 16.5. The normalized spacial score (nSPS) is 19.5. The number of hydrogen-bond acceptors (Lipinski definition) is 13. The van der Waals surface area contributed by atoms with E-state index in [4.69, 9.17) is 36.1 Å². The second-order valence-electron chi connectivity index (χ2n) is 21.2. The van der Waals surface area contributed by atoms with Gasteiger partial charge in [0, 0.05) is 81.1 Å². The van der Waals surface area contributed by atoms with Crippen molar-refractivity contribution in [2.45, 2.75) is 94.8 Å². The molecule has 2 saturated heterocycles. The minimum atomic E-state index is -1.19. The summed E-state index contributed by atoms with van der Waals surface area (Å²) in [5, 5.41) is 21.5. The summed E-state index contributed by atoms with van der Waals surface area (Å²) in [4.78, 5) is 58.8. The highest BCUT2D eigenvalue weighted by molar-refractivity contribution is 8.15. The molecule has 0 radical (unpaired) electrons. The van der Waals surface area contributed by atoms with Crippen LogP contribution in [0.15, 0.2) is 102 Å². The maximum atomic E-state index is 15.5. The van der Waals surface area contributed by atoms with Crippen LogP contribution < -0.4 is 19.9 Å². The van der Waals surface area contributed by atoms with Gasteiger partial charge in [-0.25, -0.2) is 22.8 Å². The number of urea groups is 1. The van der Waals surface area contributed by atoms with Crippen LogP contribution >= 0.6 is 23.4 Å². The summed E-state index contributed by atoms with van der Waals surface area (Å²) in [5.41, 5.74) is 2.66. The first kappa shape index (κ1) is 56.6. The molecule has 21 heteroatoms. The lowest BCUT2D eigenvalue weighted by atomic mass is 10.0. The van der Waals surface area contributed by atoms with Crippen molar-refractivity contribution < 1.29 is 37.0 Å². The quantitative estimate of drug-likeness (QED) is 0.0694. The lowest BCUT2D eigenvalue weighted by Crippen LogP contribution is -2.55. The number of likely N-dealkylation sites (tertiary alicyclic amines) is 1. The molecule has 4 aliphatic heterocycles. The Morgan fingerprint density at radius 2 is 1.76 bits per heavy atom. The number of alkyl carbamates (subject to hydrolysis) is 1. The van der Waals surface area contributed by atoms with Gasteiger partial charge >= 0.3 is 18.1 Å². The van der Waals surface area contributed by atoms with E-state index in [1.807, 2.05) is 65.6 Å². The number of nitrogens with zero attached hydrogens (tertiary/aromatic N) is 10. The monoisotopic (exact) mass is 1120 g/mol. The molecule has 2 fully saturated rings. The number of benzene rings is 4. The molecule has 79 heavy (non-hydrogen) atoms. The number of halogens is 4. The molecule has 3 atom stereocenters. The van der Waals surface area contributed by atoms with E-state index >= 15 is 4.39 Å². The number of hydrazone groups is 1. The van der Waals surface area contributed by atoms with Gasteiger partial charge in [-0.2, -0.15) is 25.3 Å². The van der Waals surface area contributed by atoms with Gasteiger partial charge in [-0.1, -0.05) is 84.5 Å². The Morgan fingerprint density at radius 1 is 0.975 bits per heavy atom. The van der Waals surface area contributed by atoms with Crippen LogP contribution in [-0.4, -0.2) is 136 Å². The Kier molecular flexibility index (Phi) is 17.6. The SMILES string of the molecule is C=C(F)C(=O)N1CCN(c2nc(OC[C@@H]3CCCN3CCCN(C)C(=O)N3N=C(c4cc(F)ccc4F)S[C@@]3(CCCNC(=O)OC(C)(C)C)c3ccccc3)nc3c2CCN(c2cccc4cccc(Cl)c24)C3)C[C@@H]1CC#N. The smallest absolute Gasteiger partial charge is 0.407 e. The van der Waals surface area contributed by atoms with Crippen molar-refractivity contribution in [3.8, 4) is 12.1 Å². The molecular weight excluding hydrogens is 1060 g/mol. The molecule has 4 amide bonds. The molecule has 0 spiro atoms. The van der Waals surface area contributed by atoms with E-state index in [9.17, 15) is 28.4 Å². The summed E-state index contributed by atoms with van der Waals surface area (Å²) < 4.78 is 56.4. The highest BCUT2D eigenvalue weighted by Gasteiger charge is 2.50. The van der Waals surface area contributed by atoms with E-state index in [1.165, 1.54) is 21.7 Å². The molecule has 16 nitrogen and oxygen atoms in total. The maximum Gasteiger partial charge on any atom is 0.407 e. The molecule has 1 aromatic heterocycles. The van der Waals surface area contributed by atoms with E-state index in [1.54, 1.807) is 32.7 Å². The number of nitrogens with one attached hydrogen (secondary N) is 1. The predicted molar refractivity (Wildman–Crippen MR) is 301 cm³/mol. The van der Waals surface area contributed by atoms with Crippen LogP contribution in [0.3, 0.4) is 0 Å². The summed E-state index contributed by atoms with van der Waals surface area (Å²) >= 11 is 7.99.